The smallest absolute Gasteiger partial charge is 0.150 e. The molecule has 0 heterocycles. The van der Waals surface area contributed by atoms with E-state index in [-0.39, 0.29) is 23.4 Å². The Morgan fingerprint density at radius 2 is 2.09 bits per heavy atom. The highest BCUT2D eigenvalue weighted by molar-refractivity contribution is 6.22. The summed E-state index contributed by atoms with van der Waals surface area (Å²) in [6, 6.07) is 0. The maximum absolute atomic E-state index is 11.4. The molecule has 0 amide bonds. The van der Waals surface area contributed by atoms with Gasteiger partial charge in [0, 0.05) is 18.2 Å². The lowest BCUT2D eigenvalue weighted by atomic mass is 9.88. The van der Waals surface area contributed by atoms with E-state index >= 15 is 0 Å². The molecule has 1 aliphatic carbocycles. The summed E-state index contributed by atoms with van der Waals surface area (Å²) in [7, 11) is 0. The van der Waals surface area contributed by atoms with Gasteiger partial charge >= 0.3 is 0 Å². The monoisotopic (exact) mass is 174 g/mol. The van der Waals surface area contributed by atoms with Crippen LogP contribution in [-0.2, 0) is 9.59 Å². The molecule has 1 atom stereocenters. The maximum Gasteiger partial charge on any atom is 0.150 e. The summed E-state index contributed by atoms with van der Waals surface area (Å²) in [4.78, 5) is 22.6. The zero-order valence-electron chi connectivity index (χ0n) is 6.69. The van der Waals surface area contributed by atoms with Crippen LogP contribution in [0.25, 0.3) is 0 Å². The van der Waals surface area contributed by atoms with Crippen molar-refractivity contribution in [3.63, 3.8) is 0 Å². The van der Waals surface area contributed by atoms with E-state index in [0.717, 1.165) is 0 Å². The van der Waals surface area contributed by atoms with Crippen LogP contribution in [0.4, 0.5) is 0 Å². The third-order valence-electron chi connectivity index (χ3n) is 2.30. The fourth-order valence-electron chi connectivity index (χ4n) is 1.34. The first kappa shape index (κ1) is 8.72. The highest BCUT2D eigenvalue weighted by Crippen LogP contribution is 2.34. The normalized spacial score (nSPS) is 29.5. The minimum Gasteiger partial charge on any atom is -0.299 e. The fourth-order valence-corrected chi connectivity index (χ4v) is 1.59. The second kappa shape index (κ2) is 2.59. The molecule has 2 nitrogen and oxygen atoms in total. The Morgan fingerprint density at radius 3 is 2.27 bits per heavy atom. The Hall–Kier alpha value is -0.370. The van der Waals surface area contributed by atoms with Gasteiger partial charge in [0.25, 0.3) is 0 Å². The average Bonchev–Trinajstić information content (AvgIpc) is 2.14. The Bertz CT molecular complexity index is 208. The lowest BCUT2D eigenvalue weighted by Gasteiger charge is -2.12. The summed E-state index contributed by atoms with van der Waals surface area (Å²) >= 11 is 5.52. The molecule has 0 aromatic heterocycles. The van der Waals surface area contributed by atoms with Crippen molar-refractivity contribution < 1.29 is 9.59 Å². The first-order valence-corrected chi connectivity index (χ1v) is 4.17. The minimum absolute atomic E-state index is 0.00231. The van der Waals surface area contributed by atoms with Crippen LogP contribution in [-0.4, -0.2) is 17.4 Å². The number of carbonyl (C=O) groups excluding carboxylic acids is 2. The minimum atomic E-state index is -0.778. The third kappa shape index (κ3) is 1.20. The van der Waals surface area contributed by atoms with Crippen molar-refractivity contribution in [3.05, 3.63) is 0 Å². The third-order valence-corrected chi connectivity index (χ3v) is 2.67. The largest absolute Gasteiger partial charge is 0.299 e. The van der Waals surface area contributed by atoms with Crippen LogP contribution in [0.5, 0.6) is 0 Å². The lowest BCUT2D eigenvalue weighted by molar-refractivity contribution is -0.133. The van der Waals surface area contributed by atoms with Gasteiger partial charge in [0.05, 0.1) is 5.41 Å². The molecule has 0 aliphatic heterocycles. The molecule has 0 saturated heterocycles. The Labute approximate surface area is 70.9 Å². The molecule has 1 aliphatic rings. The molecule has 0 unspecified atom stereocenters. The van der Waals surface area contributed by atoms with Gasteiger partial charge < -0.3 is 0 Å². The molecule has 3 heteroatoms. The van der Waals surface area contributed by atoms with Crippen LogP contribution >= 0.6 is 11.6 Å². The van der Waals surface area contributed by atoms with E-state index in [9.17, 15) is 9.59 Å². The predicted octanol–water partition coefficient (Wildman–Crippen LogP) is 1.41. The van der Waals surface area contributed by atoms with Gasteiger partial charge in [0.1, 0.15) is 5.78 Å². The van der Waals surface area contributed by atoms with Crippen LogP contribution < -0.4 is 0 Å². The predicted molar refractivity (Wildman–Crippen MR) is 42.6 cm³/mol. The molecule has 0 N–H and O–H groups in total. The number of halogens is 1. The average molecular weight is 175 g/mol. The summed E-state index contributed by atoms with van der Waals surface area (Å²) in [5, 5.41) is 0. The molecule has 0 aromatic carbocycles. The number of hydrogen-bond acceptors (Lipinski definition) is 2. The fraction of sp³-hybridized carbons (Fsp3) is 0.750. The van der Waals surface area contributed by atoms with Gasteiger partial charge in [0.15, 0.2) is 5.78 Å². The SMILES string of the molecule is CC1(C)C(=O)C[C@H](CCl)C1=O. The highest BCUT2D eigenvalue weighted by Gasteiger charge is 2.46. The van der Waals surface area contributed by atoms with Gasteiger partial charge in [-0.1, -0.05) is 0 Å². The van der Waals surface area contributed by atoms with Crippen molar-refractivity contribution in [2.24, 2.45) is 11.3 Å². The first-order chi connectivity index (χ1) is 5.00. The molecule has 1 fully saturated rings. The molecule has 0 radical (unpaired) electrons. The van der Waals surface area contributed by atoms with Gasteiger partial charge in [0.2, 0.25) is 0 Å². The first-order valence-electron chi connectivity index (χ1n) is 3.63. The molecule has 1 saturated carbocycles. The maximum atomic E-state index is 11.4. The van der Waals surface area contributed by atoms with Gasteiger partial charge in [-0.3, -0.25) is 9.59 Å². The molecular formula is C8H11ClO2. The Balaban J connectivity index is 2.89. The van der Waals surface area contributed by atoms with Crippen LogP contribution in [0.2, 0.25) is 0 Å². The molecule has 11 heavy (non-hydrogen) atoms. The second-order valence-corrected chi connectivity index (χ2v) is 3.78. The van der Waals surface area contributed by atoms with Crippen molar-refractivity contribution in [1.82, 2.24) is 0 Å². The van der Waals surface area contributed by atoms with Gasteiger partial charge in [-0.2, -0.15) is 0 Å². The molecule has 0 aromatic rings. The summed E-state index contributed by atoms with van der Waals surface area (Å²) in [5.74, 6) is 0.0541. The van der Waals surface area contributed by atoms with Crippen molar-refractivity contribution in [2.75, 3.05) is 5.88 Å². The Kier molecular flexibility index (Phi) is 2.06. The van der Waals surface area contributed by atoms with Gasteiger partial charge in [-0.25, -0.2) is 0 Å². The van der Waals surface area contributed by atoms with E-state index in [1.807, 2.05) is 0 Å². The van der Waals surface area contributed by atoms with E-state index in [1.165, 1.54) is 0 Å². The molecule has 62 valence electrons. The molecular weight excluding hydrogens is 164 g/mol. The van der Waals surface area contributed by atoms with E-state index in [2.05, 4.69) is 0 Å². The summed E-state index contributed by atoms with van der Waals surface area (Å²) < 4.78 is 0. The highest BCUT2D eigenvalue weighted by atomic mass is 35.5. The number of alkyl halides is 1. The second-order valence-electron chi connectivity index (χ2n) is 3.47. The van der Waals surface area contributed by atoms with Crippen LogP contribution in [0.15, 0.2) is 0 Å². The van der Waals surface area contributed by atoms with Crippen molar-refractivity contribution >= 4 is 23.2 Å². The summed E-state index contributed by atoms with van der Waals surface area (Å²) in [6.45, 7) is 3.34. The molecule has 0 bridgehead atoms. The van der Waals surface area contributed by atoms with E-state index in [1.54, 1.807) is 13.8 Å². The van der Waals surface area contributed by atoms with E-state index in [0.29, 0.717) is 6.42 Å². The number of hydrogen-bond donors (Lipinski definition) is 0. The standard InChI is InChI=1S/C8H11ClO2/c1-8(2)6(10)3-5(4-9)7(8)11/h5H,3-4H2,1-2H3/t5-/m1/s1. The van der Waals surface area contributed by atoms with Crippen LogP contribution in [0, 0.1) is 11.3 Å². The Morgan fingerprint density at radius 1 is 1.55 bits per heavy atom. The zero-order chi connectivity index (χ0) is 8.65. The summed E-state index contributed by atoms with van der Waals surface area (Å²) in [6.07, 6.45) is 0.329. The van der Waals surface area contributed by atoms with Gasteiger partial charge in [-0.15, -0.1) is 11.6 Å². The number of carbonyl (C=O) groups is 2. The van der Waals surface area contributed by atoms with E-state index < -0.39 is 5.41 Å². The quantitative estimate of drug-likeness (QED) is 0.445. The summed E-state index contributed by atoms with van der Waals surface area (Å²) in [5.41, 5.74) is -0.778. The van der Waals surface area contributed by atoms with Crippen molar-refractivity contribution in [2.45, 2.75) is 20.3 Å². The molecule has 0 spiro atoms. The zero-order valence-corrected chi connectivity index (χ0v) is 7.44. The number of Topliss-reactive ketones (excluding diaryl/α,β-unsaturated/α-hetero) is 2. The number of ketones is 2. The lowest BCUT2D eigenvalue weighted by Crippen LogP contribution is -2.27. The number of rotatable bonds is 1. The van der Waals surface area contributed by atoms with Crippen LogP contribution in [0.3, 0.4) is 0 Å². The molecule has 1 rings (SSSR count). The topological polar surface area (TPSA) is 34.1 Å². The van der Waals surface area contributed by atoms with Crippen molar-refractivity contribution in [3.8, 4) is 0 Å². The van der Waals surface area contributed by atoms with Crippen molar-refractivity contribution in [1.29, 1.82) is 0 Å². The van der Waals surface area contributed by atoms with E-state index in [4.69, 9.17) is 11.6 Å². The van der Waals surface area contributed by atoms with Crippen LogP contribution in [0.1, 0.15) is 20.3 Å². The van der Waals surface area contributed by atoms with Gasteiger partial charge in [-0.05, 0) is 13.8 Å².